The number of hydrogen-bond acceptors (Lipinski definition) is 4. The minimum Gasteiger partial charge on any atom is -0.314 e. The van der Waals surface area contributed by atoms with E-state index < -0.39 is 0 Å². The number of carbonyl (C=O) groups excluding carboxylic acids is 2. The van der Waals surface area contributed by atoms with E-state index in [9.17, 15) is 9.59 Å². The first-order valence-corrected chi connectivity index (χ1v) is 5.53. The van der Waals surface area contributed by atoms with Crippen molar-refractivity contribution in [3.63, 3.8) is 0 Å². The zero-order chi connectivity index (χ0) is 10.8. The van der Waals surface area contributed by atoms with E-state index in [1.807, 2.05) is 12.3 Å². The van der Waals surface area contributed by atoms with Gasteiger partial charge in [-0.15, -0.1) is 11.3 Å². The normalized spacial score (nSPS) is 18.1. The summed E-state index contributed by atoms with van der Waals surface area (Å²) in [6.07, 6.45) is 1.74. The van der Waals surface area contributed by atoms with Crippen LogP contribution >= 0.6 is 11.3 Å². The van der Waals surface area contributed by atoms with Crippen molar-refractivity contribution >= 4 is 23.3 Å². The molecule has 0 saturated carbocycles. The molecule has 0 aliphatic carbocycles. The Balaban J connectivity index is 1.98. The molecule has 1 aromatic rings. The fourth-order valence-corrected chi connectivity index (χ4v) is 2.21. The molecule has 1 aliphatic rings. The van der Waals surface area contributed by atoms with Gasteiger partial charge in [0, 0.05) is 24.0 Å². The Morgan fingerprint density at radius 2 is 2.47 bits per heavy atom. The summed E-state index contributed by atoms with van der Waals surface area (Å²) < 4.78 is 0. The summed E-state index contributed by atoms with van der Waals surface area (Å²) in [6, 6.07) is -0.302. The molecule has 0 bridgehead atoms. The molecule has 6 heteroatoms. The van der Waals surface area contributed by atoms with Crippen LogP contribution in [-0.4, -0.2) is 34.9 Å². The summed E-state index contributed by atoms with van der Waals surface area (Å²) in [7, 11) is 0. The Bertz CT molecular complexity index is 377. The fraction of sp³-hybridized carbons (Fsp3) is 0.444. The molecule has 1 N–H and O–H groups in total. The van der Waals surface area contributed by atoms with Crippen molar-refractivity contribution in [1.82, 2.24) is 15.2 Å². The maximum atomic E-state index is 11.3. The molecule has 0 spiro atoms. The first-order chi connectivity index (χ1) is 7.16. The smallest absolute Gasteiger partial charge is 0.314 e. The number of imide groups is 1. The zero-order valence-corrected chi connectivity index (χ0v) is 9.08. The Morgan fingerprint density at radius 3 is 3.00 bits per heavy atom. The monoisotopic (exact) mass is 225 g/mol. The first kappa shape index (κ1) is 10.1. The van der Waals surface area contributed by atoms with Crippen molar-refractivity contribution in [2.75, 3.05) is 13.1 Å². The van der Waals surface area contributed by atoms with Crippen molar-refractivity contribution in [2.24, 2.45) is 0 Å². The van der Waals surface area contributed by atoms with Crippen LogP contribution in [0.1, 0.15) is 17.8 Å². The lowest BCUT2D eigenvalue weighted by molar-refractivity contribution is -0.118. The van der Waals surface area contributed by atoms with Gasteiger partial charge in [-0.3, -0.25) is 10.1 Å². The Hall–Kier alpha value is -1.43. The summed E-state index contributed by atoms with van der Waals surface area (Å²) in [4.78, 5) is 27.9. The predicted octanol–water partition coefficient (Wildman–Crippen LogP) is 0.798. The fourth-order valence-electron chi connectivity index (χ4n) is 1.52. The van der Waals surface area contributed by atoms with Gasteiger partial charge in [-0.1, -0.05) is 6.92 Å². The van der Waals surface area contributed by atoms with Gasteiger partial charge >= 0.3 is 6.03 Å². The zero-order valence-electron chi connectivity index (χ0n) is 8.27. The third-order valence-corrected chi connectivity index (χ3v) is 3.24. The molecule has 80 valence electrons. The van der Waals surface area contributed by atoms with Crippen molar-refractivity contribution in [1.29, 1.82) is 0 Å². The number of rotatable bonds is 3. The number of nitrogens with zero attached hydrogens (tertiary/aromatic N) is 2. The third-order valence-electron chi connectivity index (χ3n) is 2.24. The number of amides is 3. The molecule has 0 radical (unpaired) electrons. The van der Waals surface area contributed by atoms with E-state index in [-0.39, 0.29) is 24.4 Å². The maximum absolute atomic E-state index is 11.3. The lowest BCUT2D eigenvalue weighted by atomic mass is 10.2. The van der Waals surface area contributed by atoms with Crippen LogP contribution in [0.5, 0.6) is 0 Å². The summed E-state index contributed by atoms with van der Waals surface area (Å²) in [6.45, 7) is 2.69. The molecule has 2 rings (SSSR count). The average molecular weight is 225 g/mol. The number of hydrogen-bond donors (Lipinski definition) is 1. The van der Waals surface area contributed by atoms with Crippen LogP contribution < -0.4 is 5.32 Å². The second-order valence-corrected chi connectivity index (χ2v) is 4.43. The van der Waals surface area contributed by atoms with Crippen molar-refractivity contribution in [2.45, 2.75) is 12.8 Å². The van der Waals surface area contributed by atoms with Crippen LogP contribution in [0, 0.1) is 0 Å². The molecule has 1 saturated heterocycles. The molecule has 1 fully saturated rings. The molecule has 1 aliphatic heterocycles. The first-order valence-electron chi connectivity index (χ1n) is 4.65. The third kappa shape index (κ3) is 2.15. The van der Waals surface area contributed by atoms with Crippen molar-refractivity contribution < 1.29 is 9.59 Å². The van der Waals surface area contributed by atoms with Crippen LogP contribution in [-0.2, 0) is 4.79 Å². The SMILES string of the molecule is CC(CN1CC(=O)NC1=O)c1nccs1. The maximum Gasteiger partial charge on any atom is 0.324 e. The van der Waals surface area contributed by atoms with E-state index in [2.05, 4.69) is 10.3 Å². The van der Waals surface area contributed by atoms with E-state index in [1.54, 1.807) is 17.5 Å². The largest absolute Gasteiger partial charge is 0.324 e. The molecule has 0 aromatic carbocycles. The van der Waals surface area contributed by atoms with E-state index in [1.165, 1.54) is 4.90 Å². The lowest BCUT2D eigenvalue weighted by Crippen LogP contribution is -2.31. The summed E-state index contributed by atoms with van der Waals surface area (Å²) in [5.74, 6) is -0.0620. The Kier molecular flexibility index (Phi) is 2.68. The number of thiazole rings is 1. The molecule has 15 heavy (non-hydrogen) atoms. The van der Waals surface area contributed by atoms with Gasteiger partial charge in [-0.05, 0) is 0 Å². The minimum absolute atomic E-state index is 0.161. The van der Waals surface area contributed by atoms with E-state index >= 15 is 0 Å². The second kappa shape index (κ2) is 3.98. The number of carbonyl (C=O) groups is 2. The molecule has 2 heterocycles. The van der Waals surface area contributed by atoms with Gasteiger partial charge in [0.2, 0.25) is 5.91 Å². The highest BCUT2D eigenvalue weighted by molar-refractivity contribution is 7.09. The van der Waals surface area contributed by atoms with Gasteiger partial charge < -0.3 is 4.90 Å². The van der Waals surface area contributed by atoms with Gasteiger partial charge in [-0.25, -0.2) is 9.78 Å². The molecular formula is C9H11N3O2S. The van der Waals surface area contributed by atoms with Gasteiger partial charge in [0.05, 0.1) is 5.01 Å². The van der Waals surface area contributed by atoms with Crippen LogP contribution in [0.15, 0.2) is 11.6 Å². The van der Waals surface area contributed by atoms with Gasteiger partial charge in [0.25, 0.3) is 0 Å². The van der Waals surface area contributed by atoms with Crippen LogP contribution in [0.3, 0.4) is 0 Å². The van der Waals surface area contributed by atoms with Crippen molar-refractivity contribution in [3.8, 4) is 0 Å². The van der Waals surface area contributed by atoms with Crippen LogP contribution in [0.2, 0.25) is 0 Å². The summed E-state index contributed by atoms with van der Waals surface area (Å²) in [5, 5.41) is 5.14. The standard InChI is InChI=1S/C9H11N3O2S/c1-6(8-10-2-3-15-8)4-12-5-7(13)11-9(12)14/h2-3,6H,4-5H2,1H3,(H,11,13,14). The Labute approximate surface area is 91.1 Å². The van der Waals surface area contributed by atoms with E-state index in [0.29, 0.717) is 6.54 Å². The molecule has 1 unspecified atom stereocenters. The number of aromatic nitrogens is 1. The minimum atomic E-state index is -0.302. The van der Waals surface area contributed by atoms with E-state index in [4.69, 9.17) is 0 Å². The highest BCUT2D eigenvalue weighted by Crippen LogP contribution is 2.19. The molecule has 1 atom stereocenters. The Morgan fingerprint density at radius 1 is 1.67 bits per heavy atom. The highest BCUT2D eigenvalue weighted by atomic mass is 32.1. The average Bonchev–Trinajstić information content (AvgIpc) is 2.76. The van der Waals surface area contributed by atoms with Crippen LogP contribution in [0.25, 0.3) is 0 Å². The number of nitrogens with one attached hydrogen (secondary N) is 1. The lowest BCUT2D eigenvalue weighted by Gasteiger charge is -2.16. The van der Waals surface area contributed by atoms with Gasteiger partial charge in [0.15, 0.2) is 0 Å². The molecule has 5 nitrogen and oxygen atoms in total. The highest BCUT2D eigenvalue weighted by Gasteiger charge is 2.28. The second-order valence-electron chi connectivity index (χ2n) is 3.51. The molecule has 1 aromatic heterocycles. The quantitative estimate of drug-likeness (QED) is 0.774. The predicted molar refractivity (Wildman–Crippen MR) is 55.6 cm³/mol. The topological polar surface area (TPSA) is 62.3 Å². The van der Waals surface area contributed by atoms with E-state index in [0.717, 1.165) is 5.01 Å². The summed E-state index contributed by atoms with van der Waals surface area (Å²) in [5.41, 5.74) is 0. The van der Waals surface area contributed by atoms with Gasteiger partial charge in [-0.2, -0.15) is 0 Å². The van der Waals surface area contributed by atoms with Crippen molar-refractivity contribution in [3.05, 3.63) is 16.6 Å². The number of urea groups is 1. The molecular weight excluding hydrogens is 214 g/mol. The van der Waals surface area contributed by atoms with Gasteiger partial charge in [0.1, 0.15) is 6.54 Å². The summed E-state index contributed by atoms with van der Waals surface area (Å²) >= 11 is 1.56. The van der Waals surface area contributed by atoms with Crippen LogP contribution in [0.4, 0.5) is 4.79 Å². The molecule has 3 amide bonds.